The van der Waals surface area contributed by atoms with Crippen molar-refractivity contribution in [3.63, 3.8) is 0 Å². The first-order valence-corrected chi connectivity index (χ1v) is 7.42. The van der Waals surface area contributed by atoms with Gasteiger partial charge in [0.25, 0.3) is 0 Å². The lowest BCUT2D eigenvalue weighted by Crippen LogP contribution is -2.17. The summed E-state index contributed by atoms with van der Waals surface area (Å²) in [4.78, 5) is 0. The lowest BCUT2D eigenvalue weighted by molar-refractivity contribution is 0.199. The third-order valence-electron chi connectivity index (χ3n) is 2.23. The summed E-state index contributed by atoms with van der Waals surface area (Å²) in [5, 5.41) is 8.56. The van der Waals surface area contributed by atoms with Crippen molar-refractivity contribution in [2.45, 2.75) is 6.42 Å². The summed E-state index contributed by atoms with van der Waals surface area (Å²) in [6.07, 6.45) is 0.450. The van der Waals surface area contributed by atoms with Crippen LogP contribution in [0.3, 0.4) is 0 Å². The summed E-state index contributed by atoms with van der Waals surface area (Å²) in [7, 11) is -1.81. The highest BCUT2D eigenvalue weighted by atomic mass is 32.2. The molecule has 1 aromatic rings. The van der Waals surface area contributed by atoms with E-state index in [2.05, 4.69) is 16.6 Å². The van der Waals surface area contributed by atoms with Gasteiger partial charge in [-0.3, -0.25) is 4.72 Å². The molecule has 19 heavy (non-hydrogen) atoms. The highest BCUT2D eigenvalue weighted by Gasteiger charge is 2.09. The van der Waals surface area contributed by atoms with E-state index in [4.69, 9.17) is 9.84 Å². The molecule has 0 saturated carbocycles. The highest BCUT2D eigenvalue weighted by molar-refractivity contribution is 7.92. The predicted octanol–water partition coefficient (Wildman–Crippen LogP) is 0.809. The minimum Gasteiger partial charge on any atom is -0.385 e. The number of sulfonamides is 1. The van der Waals surface area contributed by atoms with Crippen LogP contribution in [0.2, 0.25) is 0 Å². The Morgan fingerprint density at radius 2 is 2.00 bits per heavy atom. The normalized spacial score (nSPS) is 10.6. The summed E-state index contributed by atoms with van der Waals surface area (Å²) in [6, 6.07) is 6.65. The van der Waals surface area contributed by atoms with Crippen LogP contribution in [0.1, 0.15) is 12.0 Å². The van der Waals surface area contributed by atoms with Gasteiger partial charge < -0.3 is 9.84 Å². The second kappa shape index (κ2) is 7.79. The summed E-state index contributed by atoms with van der Waals surface area (Å²) >= 11 is 0. The van der Waals surface area contributed by atoms with E-state index in [0.29, 0.717) is 18.7 Å². The Morgan fingerprint density at radius 1 is 1.32 bits per heavy atom. The van der Waals surface area contributed by atoms with E-state index >= 15 is 0 Å². The number of nitrogens with one attached hydrogen (secondary N) is 1. The van der Waals surface area contributed by atoms with E-state index in [1.807, 2.05) is 0 Å². The Morgan fingerprint density at radius 3 is 2.58 bits per heavy atom. The quantitative estimate of drug-likeness (QED) is 0.598. The minimum atomic E-state index is -3.34. The van der Waals surface area contributed by atoms with Crippen LogP contribution in [0.5, 0.6) is 0 Å². The molecule has 6 heteroatoms. The fourth-order valence-corrected chi connectivity index (χ4v) is 2.48. The Labute approximate surface area is 113 Å². The van der Waals surface area contributed by atoms with E-state index < -0.39 is 10.0 Å². The first-order valence-electron chi connectivity index (χ1n) is 5.76. The molecule has 0 spiro atoms. The molecule has 0 saturated heterocycles. The van der Waals surface area contributed by atoms with E-state index in [1.165, 1.54) is 7.11 Å². The molecule has 5 nitrogen and oxygen atoms in total. The van der Waals surface area contributed by atoms with Gasteiger partial charge in [-0.25, -0.2) is 8.42 Å². The van der Waals surface area contributed by atoms with Crippen molar-refractivity contribution in [1.82, 2.24) is 0 Å². The van der Waals surface area contributed by atoms with Crippen LogP contribution in [0.15, 0.2) is 24.3 Å². The van der Waals surface area contributed by atoms with Crippen LogP contribution < -0.4 is 4.72 Å². The van der Waals surface area contributed by atoms with Crippen molar-refractivity contribution < 1.29 is 18.3 Å². The van der Waals surface area contributed by atoms with Gasteiger partial charge in [0.05, 0.1) is 5.75 Å². The third kappa shape index (κ3) is 6.25. The monoisotopic (exact) mass is 283 g/mol. The Bertz CT molecular complexity index is 540. The van der Waals surface area contributed by atoms with Gasteiger partial charge >= 0.3 is 0 Å². The number of aliphatic hydroxyl groups excluding tert-OH is 1. The zero-order valence-electron chi connectivity index (χ0n) is 10.7. The van der Waals surface area contributed by atoms with E-state index in [-0.39, 0.29) is 12.4 Å². The first kappa shape index (κ1) is 15.5. The highest BCUT2D eigenvalue weighted by Crippen LogP contribution is 2.11. The maximum atomic E-state index is 11.7. The maximum Gasteiger partial charge on any atom is 0.232 e. The number of aliphatic hydroxyl groups is 1. The third-order valence-corrected chi connectivity index (χ3v) is 3.60. The van der Waals surface area contributed by atoms with Crippen molar-refractivity contribution in [3.8, 4) is 11.8 Å². The molecular formula is C13H17NO4S. The van der Waals surface area contributed by atoms with Gasteiger partial charge in [-0.15, -0.1) is 0 Å². The Hall–Kier alpha value is -1.55. The zero-order valence-corrected chi connectivity index (χ0v) is 11.5. The first-order chi connectivity index (χ1) is 9.07. The van der Waals surface area contributed by atoms with Crippen LogP contribution >= 0.6 is 0 Å². The minimum absolute atomic E-state index is 0.0207. The van der Waals surface area contributed by atoms with Gasteiger partial charge in [-0.1, -0.05) is 11.8 Å². The van der Waals surface area contributed by atoms with Crippen molar-refractivity contribution >= 4 is 15.7 Å². The molecule has 0 heterocycles. The summed E-state index contributed by atoms with van der Waals surface area (Å²) in [5.74, 6) is 5.27. The van der Waals surface area contributed by atoms with Gasteiger partial charge in [0.1, 0.15) is 6.61 Å². The van der Waals surface area contributed by atoms with Crippen molar-refractivity contribution in [3.05, 3.63) is 29.8 Å². The van der Waals surface area contributed by atoms with Gasteiger partial charge in [0.2, 0.25) is 10.0 Å². The van der Waals surface area contributed by atoms with Gasteiger partial charge in [-0.2, -0.15) is 0 Å². The lowest BCUT2D eigenvalue weighted by atomic mass is 10.2. The standard InChI is InChI=1S/C13H17NO4S/c1-18-10-3-11-19(16,17)14-13-7-5-12(6-8-13)4-2-9-15/h5-8,14-15H,3,9-11H2,1H3. The molecule has 0 atom stereocenters. The number of rotatable bonds is 6. The average molecular weight is 283 g/mol. The number of hydrogen-bond acceptors (Lipinski definition) is 4. The topological polar surface area (TPSA) is 75.6 Å². The van der Waals surface area contributed by atoms with Crippen LogP contribution in [-0.4, -0.2) is 39.6 Å². The predicted molar refractivity (Wildman–Crippen MR) is 74.3 cm³/mol. The van der Waals surface area contributed by atoms with Crippen LogP contribution in [0, 0.1) is 11.8 Å². The molecule has 0 amide bonds. The molecule has 0 bridgehead atoms. The van der Waals surface area contributed by atoms with E-state index in [0.717, 1.165) is 5.56 Å². The number of ether oxygens (including phenoxy) is 1. The molecule has 2 N–H and O–H groups in total. The average Bonchev–Trinajstić information content (AvgIpc) is 2.38. The molecule has 0 aliphatic heterocycles. The number of methoxy groups -OCH3 is 1. The second-order valence-electron chi connectivity index (χ2n) is 3.80. The Balaban J connectivity index is 2.62. The molecule has 0 unspecified atom stereocenters. The summed E-state index contributed by atoms with van der Waals surface area (Å²) < 4.78 is 30.7. The fourth-order valence-electron chi connectivity index (χ4n) is 1.39. The molecule has 1 aromatic carbocycles. The molecule has 0 aliphatic carbocycles. The SMILES string of the molecule is COCCCS(=O)(=O)Nc1ccc(C#CCO)cc1. The number of benzene rings is 1. The van der Waals surface area contributed by atoms with Crippen molar-refractivity contribution in [2.75, 3.05) is 30.8 Å². The largest absolute Gasteiger partial charge is 0.385 e. The van der Waals surface area contributed by atoms with Crippen LogP contribution in [0.25, 0.3) is 0 Å². The van der Waals surface area contributed by atoms with Gasteiger partial charge in [0, 0.05) is 25.0 Å². The smallest absolute Gasteiger partial charge is 0.232 e. The zero-order chi connectivity index (χ0) is 14.1. The lowest BCUT2D eigenvalue weighted by Gasteiger charge is -2.07. The van der Waals surface area contributed by atoms with Crippen LogP contribution in [-0.2, 0) is 14.8 Å². The molecule has 1 rings (SSSR count). The van der Waals surface area contributed by atoms with E-state index in [9.17, 15) is 8.42 Å². The maximum absolute atomic E-state index is 11.7. The van der Waals surface area contributed by atoms with Gasteiger partial charge in [-0.05, 0) is 30.7 Å². The summed E-state index contributed by atoms with van der Waals surface area (Å²) in [5.41, 5.74) is 1.21. The van der Waals surface area contributed by atoms with E-state index in [1.54, 1.807) is 24.3 Å². The molecular weight excluding hydrogens is 266 g/mol. The molecule has 0 radical (unpaired) electrons. The molecule has 0 aromatic heterocycles. The molecule has 104 valence electrons. The van der Waals surface area contributed by atoms with Crippen molar-refractivity contribution in [1.29, 1.82) is 0 Å². The van der Waals surface area contributed by atoms with Gasteiger partial charge in [0.15, 0.2) is 0 Å². The second-order valence-corrected chi connectivity index (χ2v) is 5.65. The Kier molecular flexibility index (Phi) is 6.36. The summed E-state index contributed by atoms with van der Waals surface area (Å²) in [6.45, 7) is 0.213. The molecule has 0 fully saturated rings. The number of anilines is 1. The van der Waals surface area contributed by atoms with Crippen molar-refractivity contribution in [2.24, 2.45) is 0 Å². The van der Waals surface area contributed by atoms with Crippen LogP contribution in [0.4, 0.5) is 5.69 Å². The fraction of sp³-hybridized carbons (Fsp3) is 0.385. The number of hydrogen-bond donors (Lipinski definition) is 2. The molecule has 0 aliphatic rings.